The van der Waals surface area contributed by atoms with Crippen molar-refractivity contribution in [1.29, 1.82) is 0 Å². The Morgan fingerprint density at radius 3 is 2.24 bits per heavy atom. The smallest absolute Gasteiger partial charge is 0.122 e. The van der Waals surface area contributed by atoms with E-state index in [-0.39, 0.29) is 0 Å². The maximum absolute atomic E-state index is 5.42. The average molecular weight is 343 g/mol. The molecule has 0 amide bonds. The Labute approximate surface area is 152 Å². The van der Waals surface area contributed by atoms with Crippen molar-refractivity contribution in [3.63, 3.8) is 0 Å². The molecule has 0 radical (unpaired) electrons. The molecule has 1 aromatic carbocycles. The van der Waals surface area contributed by atoms with Gasteiger partial charge in [-0.05, 0) is 86.3 Å². The minimum Gasteiger partial charge on any atom is -0.496 e. The van der Waals surface area contributed by atoms with E-state index < -0.39 is 0 Å². The summed E-state index contributed by atoms with van der Waals surface area (Å²) in [6.45, 7) is 4.42. The van der Waals surface area contributed by atoms with Crippen LogP contribution in [0.5, 0.6) is 5.75 Å². The van der Waals surface area contributed by atoms with Crippen molar-refractivity contribution < 1.29 is 4.74 Å². The SMILES string of the molecule is COc1ccccc1CCNCCNCC12CC3CC(CC(C3)C1)C2. The van der Waals surface area contributed by atoms with Crippen LogP contribution in [-0.2, 0) is 6.42 Å². The average Bonchev–Trinajstić information content (AvgIpc) is 2.60. The summed E-state index contributed by atoms with van der Waals surface area (Å²) >= 11 is 0. The Balaban J connectivity index is 1.13. The number of nitrogens with one attached hydrogen (secondary N) is 2. The van der Waals surface area contributed by atoms with Gasteiger partial charge in [0.25, 0.3) is 0 Å². The minimum atomic E-state index is 0.659. The lowest BCUT2D eigenvalue weighted by molar-refractivity contribution is -0.0511. The fourth-order valence-electron chi connectivity index (χ4n) is 6.29. The van der Waals surface area contributed by atoms with Gasteiger partial charge in [0.05, 0.1) is 7.11 Å². The van der Waals surface area contributed by atoms with Crippen molar-refractivity contribution in [2.75, 3.05) is 33.3 Å². The zero-order chi connectivity index (χ0) is 17.1. The molecule has 0 heterocycles. The van der Waals surface area contributed by atoms with Gasteiger partial charge in [-0.1, -0.05) is 18.2 Å². The number of para-hydroxylation sites is 1. The van der Waals surface area contributed by atoms with Crippen LogP contribution in [0.25, 0.3) is 0 Å². The van der Waals surface area contributed by atoms with Crippen molar-refractivity contribution in [2.24, 2.45) is 23.2 Å². The summed E-state index contributed by atoms with van der Waals surface area (Å²) in [5.74, 6) is 4.19. The van der Waals surface area contributed by atoms with Crippen LogP contribution >= 0.6 is 0 Å². The van der Waals surface area contributed by atoms with Crippen LogP contribution in [0.2, 0.25) is 0 Å². The lowest BCUT2D eigenvalue weighted by atomic mass is 9.49. The highest BCUT2D eigenvalue weighted by atomic mass is 16.5. The number of rotatable bonds is 9. The topological polar surface area (TPSA) is 33.3 Å². The zero-order valence-corrected chi connectivity index (χ0v) is 15.7. The van der Waals surface area contributed by atoms with Crippen molar-refractivity contribution >= 4 is 0 Å². The second-order valence-corrected chi connectivity index (χ2v) is 8.91. The molecular weight excluding hydrogens is 308 g/mol. The quantitative estimate of drug-likeness (QED) is 0.672. The van der Waals surface area contributed by atoms with Gasteiger partial charge in [0, 0.05) is 19.6 Å². The Morgan fingerprint density at radius 2 is 1.56 bits per heavy atom. The van der Waals surface area contributed by atoms with E-state index in [0.29, 0.717) is 5.41 Å². The number of ether oxygens (including phenoxy) is 1. The number of benzene rings is 1. The second kappa shape index (κ2) is 7.67. The molecule has 1 aromatic rings. The monoisotopic (exact) mass is 342 g/mol. The highest BCUT2D eigenvalue weighted by Gasteiger charge is 2.50. The summed E-state index contributed by atoms with van der Waals surface area (Å²) in [5, 5.41) is 7.35. The number of hydrogen-bond acceptors (Lipinski definition) is 3. The Hall–Kier alpha value is -1.06. The first-order valence-electron chi connectivity index (χ1n) is 10.3. The third-order valence-corrected chi connectivity index (χ3v) is 6.91. The molecule has 4 saturated carbocycles. The molecule has 4 aliphatic rings. The summed E-state index contributed by atoms with van der Waals surface area (Å²) in [5.41, 5.74) is 1.95. The van der Waals surface area contributed by atoms with Gasteiger partial charge in [-0.3, -0.25) is 0 Å². The first-order valence-corrected chi connectivity index (χ1v) is 10.3. The molecule has 0 aromatic heterocycles. The Kier molecular flexibility index (Phi) is 5.33. The molecule has 0 saturated heterocycles. The predicted molar refractivity (Wildman–Crippen MR) is 103 cm³/mol. The lowest BCUT2D eigenvalue weighted by Crippen LogP contribution is -2.50. The van der Waals surface area contributed by atoms with Gasteiger partial charge in [-0.2, -0.15) is 0 Å². The zero-order valence-electron chi connectivity index (χ0n) is 15.7. The van der Waals surface area contributed by atoms with Gasteiger partial charge < -0.3 is 15.4 Å². The fourth-order valence-corrected chi connectivity index (χ4v) is 6.29. The lowest BCUT2D eigenvalue weighted by Gasteiger charge is -2.57. The van der Waals surface area contributed by atoms with E-state index in [1.807, 2.05) is 12.1 Å². The van der Waals surface area contributed by atoms with E-state index in [0.717, 1.165) is 49.6 Å². The molecular formula is C22H34N2O. The van der Waals surface area contributed by atoms with Crippen LogP contribution in [0, 0.1) is 23.2 Å². The Bertz CT molecular complexity index is 536. The van der Waals surface area contributed by atoms with Gasteiger partial charge in [0.1, 0.15) is 5.75 Å². The van der Waals surface area contributed by atoms with Gasteiger partial charge in [-0.25, -0.2) is 0 Å². The van der Waals surface area contributed by atoms with E-state index in [1.54, 1.807) is 26.4 Å². The predicted octanol–water partition coefficient (Wildman–Crippen LogP) is 3.63. The van der Waals surface area contributed by atoms with E-state index in [2.05, 4.69) is 22.8 Å². The van der Waals surface area contributed by atoms with Crippen LogP contribution in [0.1, 0.15) is 44.1 Å². The van der Waals surface area contributed by atoms with E-state index in [1.165, 1.54) is 31.4 Å². The summed E-state index contributed by atoms with van der Waals surface area (Å²) in [6.07, 6.45) is 10.2. The number of methoxy groups -OCH3 is 1. The molecule has 5 rings (SSSR count). The summed E-state index contributed by atoms with van der Waals surface area (Å²) in [7, 11) is 1.75. The van der Waals surface area contributed by atoms with E-state index in [9.17, 15) is 0 Å². The van der Waals surface area contributed by atoms with Crippen LogP contribution in [0.4, 0.5) is 0 Å². The first kappa shape index (κ1) is 17.4. The van der Waals surface area contributed by atoms with Crippen LogP contribution in [-0.4, -0.2) is 33.3 Å². The molecule has 138 valence electrons. The van der Waals surface area contributed by atoms with Crippen molar-refractivity contribution in [3.05, 3.63) is 29.8 Å². The molecule has 0 unspecified atom stereocenters. The summed E-state index contributed by atoms with van der Waals surface area (Å²) in [6, 6.07) is 8.32. The summed E-state index contributed by atoms with van der Waals surface area (Å²) < 4.78 is 5.42. The standard InChI is InChI=1S/C22H34N2O/c1-25-21-5-3-2-4-20(21)6-7-23-8-9-24-16-22-13-17-10-18(14-22)12-19(11-17)15-22/h2-5,17-19,23-24H,6-16H2,1H3. The minimum absolute atomic E-state index is 0.659. The highest BCUT2D eigenvalue weighted by Crippen LogP contribution is 2.59. The molecule has 3 nitrogen and oxygen atoms in total. The molecule has 4 bridgehead atoms. The third-order valence-electron chi connectivity index (χ3n) is 6.91. The molecule has 0 atom stereocenters. The van der Waals surface area contributed by atoms with Crippen LogP contribution < -0.4 is 15.4 Å². The molecule has 0 spiro atoms. The molecule has 25 heavy (non-hydrogen) atoms. The van der Waals surface area contributed by atoms with Gasteiger partial charge >= 0.3 is 0 Å². The molecule has 2 N–H and O–H groups in total. The molecule has 4 fully saturated rings. The third kappa shape index (κ3) is 4.03. The maximum atomic E-state index is 5.42. The van der Waals surface area contributed by atoms with Gasteiger partial charge in [0.2, 0.25) is 0 Å². The normalized spacial score (nSPS) is 32.9. The molecule has 3 heteroatoms. The van der Waals surface area contributed by atoms with Crippen LogP contribution in [0.3, 0.4) is 0 Å². The molecule has 4 aliphatic carbocycles. The highest BCUT2D eigenvalue weighted by molar-refractivity contribution is 5.33. The van der Waals surface area contributed by atoms with E-state index >= 15 is 0 Å². The van der Waals surface area contributed by atoms with Gasteiger partial charge in [0.15, 0.2) is 0 Å². The van der Waals surface area contributed by atoms with E-state index in [4.69, 9.17) is 4.74 Å². The van der Waals surface area contributed by atoms with Crippen molar-refractivity contribution in [1.82, 2.24) is 10.6 Å². The van der Waals surface area contributed by atoms with Gasteiger partial charge in [-0.15, -0.1) is 0 Å². The largest absolute Gasteiger partial charge is 0.496 e. The fraction of sp³-hybridized carbons (Fsp3) is 0.727. The second-order valence-electron chi connectivity index (χ2n) is 8.91. The maximum Gasteiger partial charge on any atom is 0.122 e. The van der Waals surface area contributed by atoms with Crippen LogP contribution in [0.15, 0.2) is 24.3 Å². The van der Waals surface area contributed by atoms with Crippen molar-refractivity contribution in [3.8, 4) is 5.75 Å². The first-order chi connectivity index (χ1) is 12.3. The summed E-state index contributed by atoms with van der Waals surface area (Å²) in [4.78, 5) is 0. The van der Waals surface area contributed by atoms with Crippen molar-refractivity contribution in [2.45, 2.75) is 44.9 Å². The Morgan fingerprint density at radius 1 is 0.920 bits per heavy atom. The molecule has 0 aliphatic heterocycles. The number of hydrogen-bond donors (Lipinski definition) is 2.